The summed E-state index contributed by atoms with van der Waals surface area (Å²) in [7, 11) is 2.32. The van der Waals surface area contributed by atoms with Crippen LogP contribution in [0.1, 0.15) is 16.8 Å². The molecule has 0 fully saturated rings. The second-order valence-corrected chi connectivity index (χ2v) is 3.56. The Bertz CT molecular complexity index is 453. The molecule has 0 radical (unpaired) electrons. The Labute approximate surface area is 110 Å². The molecule has 102 valence electrons. The van der Waals surface area contributed by atoms with Gasteiger partial charge < -0.3 is 14.2 Å². The van der Waals surface area contributed by atoms with E-state index >= 15 is 0 Å². The first-order valence-corrected chi connectivity index (χ1v) is 5.49. The molecule has 0 spiro atoms. The van der Waals surface area contributed by atoms with Crippen LogP contribution >= 0.6 is 0 Å². The second kappa shape index (κ2) is 7.15. The molecule has 0 aromatic heterocycles. The molecule has 0 aliphatic heterocycles. The lowest BCUT2D eigenvalue weighted by molar-refractivity contribution is -0.157. The molecule has 0 saturated carbocycles. The van der Waals surface area contributed by atoms with Gasteiger partial charge in [0.1, 0.15) is 0 Å². The van der Waals surface area contributed by atoms with E-state index in [1.807, 2.05) is 0 Å². The van der Waals surface area contributed by atoms with Crippen molar-refractivity contribution in [1.82, 2.24) is 0 Å². The van der Waals surface area contributed by atoms with Crippen molar-refractivity contribution in [3.63, 3.8) is 0 Å². The fourth-order valence-electron chi connectivity index (χ4n) is 1.31. The third kappa shape index (κ3) is 4.42. The Morgan fingerprint density at radius 3 is 2.21 bits per heavy atom. The minimum absolute atomic E-state index is 0.279. The summed E-state index contributed by atoms with van der Waals surface area (Å²) >= 11 is 0. The van der Waals surface area contributed by atoms with Crippen molar-refractivity contribution >= 4 is 17.9 Å². The first-order valence-electron chi connectivity index (χ1n) is 5.49. The van der Waals surface area contributed by atoms with E-state index in [-0.39, 0.29) is 12.0 Å². The fraction of sp³-hybridized carbons (Fsp3) is 0.308. The molecule has 0 bridgehead atoms. The molecular weight excluding hydrogens is 252 g/mol. The molecule has 0 N–H and O–H groups in total. The van der Waals surface area contributed by atoms with E-state index in [0.717, 1.165) is 7.11 Å². The van der Waals surface area contributed by atoms with Gasteiger partial charge in [0, 0.05) is 0 Å². The first-order chi connectivity index (χ1) is 9.08. The molecule has 0 unspecified atom stereocenters. The molecule has 0 aliphatic rings. The Morgan fingerprint density at radius 2 is 1.68 bits per heavy atom. The number of hydrogen-bond donors (Lipinski definition) is 0. The number of carbonyl (C=O) groups is 3. The zero-order chi connectivity index (χ0) is 14.3. The fourth-order valence-corrected chi connectivity index (χ4v) is 1.31. The predicted octanol–water partition coefficient (Wildman–Crippen LogP) is 0.948. The van der Waals surface area contributed by atoms with Crippen molar-refractivity contribution < 1.29 is 28.6 Å². The lowest BCUT2D eigenvalue weighted by atomic mass is 10.2. The van der Waals surface area contributed by atoms with Crippen LogP contribution in [0.5, 0.6) is 0 Å². The van der Waals surface area contributed by atoms with Crippen LogP contribution in [0.2, 0.25) is 0 Å². The predicted molar refractivity (Wildman–Crippen MR) is 64.3 cm³/mol. The summed E-state index contributed by atoms with van der Waals surface area (Å²) < 4.78 is 13.8. The van der Waals surface area contributed by atoms with Gasteiger partial charge in [0.25, 0.3) is 0 Å². The summed E-state index contributed by atoms with van der Waals surface area (Å²) in [4.78, 5) is 34.3. The maximum atomic E-state index is 11.8. The third-order valence-electron chi connectivity index (χ3n) is 2.30. The van der Waals surface area contributed by atoms with Crippen LogP contribution in [0.15, 0.2) is 30.3 Å². The largest absolute Gasteiger partial charge is 0.469 e. The minimum Gasteiger partial charge on any atom is -0.469 e. The van der Waals surface area contributed by atoms with Crippen LogP contribution in [0.4, 0.5) is 0 Å². The summed E-state index contributed by atoms with van der Waals surface area (Å²) in [6, 6.07) is 8.13. The quantitative estimate of drug-likeness (QED) is 0.583. The van der Waals surface area contributed by atoms with Gasteiger partial charge in [0.2, 0.25) is 6.10 Å². The molecule has 1 aromatic carbocycles. The van der Waals surface area contributed by atoms with E-state index in [9.17, 15) is 14.4 Å². The number of rotatable bonds is 5. The number of benzene rings is 1. The van der Waals surface area contributed by atoms with Gasteiger partial charge >= 0.3 is 17.9 Å². The monoisotopic (exact) mass is 266 g/mol. The molecule has 0 amide bonds. The average Bonchev–Trinajstić information content (AvgIpc) is 2.46. The molecule has 1 rings (SSSR count). The molecule has 1 aromatic rings. The van der Waals surface area contributed by atoms with E-state index < -0.39 is 24.0 Å². The van der Waals surface area contributed by atoms with E-state index in [0.29, 0.717) is 0 Å². The molecule has 19 heavy (non-hydrogen) atoms. The zero-order valence-electron chi connectivity index (χ0n) is 10.6. The second-order valence-electron chi connectivity index (χ2n) is 3.56. The summed E-state index contributed by atoms with van der Waals surface area (Å²) in [5.41, 5.74) is 0.279. The lowest BCUT2D eigenvalue weighted by Crippen LogP contribution is -2.31. The number of ether oxygens (including phenoxy) is 3. The summed E-state index contributed by atoms with van der Waals surface area (Å²) in [5, 5.41) is 0. The van der Waals surface area contributed by atoms with Crippen molar-refractivity contribution in [3.05, 3.63) is 35.9 Å². The highest BCUT2D eigenvalue weighted by molar-refractivity contribution is 5.92. The molecular formula is C13H14O6. The smallest absolute Gasteiger partial charge is 0.347 e. The molecule has 6 nitrogen and oxygen atoms in total. The van der Waals surface area contributed by atoms with Gasteiger partial charge in [-0.1, -0.05) is 18.2 Å². The van der Waals surface area contributed by atoms with E-state index in [4.69, 9.17) is 4.74 Å². The lowest BCUT2D eigenvalue weighted by Gasteiger charge is -2.14. The maximum absolute atomic E-state index is 11.8. The van der Waals surface area contributed by atoms with Gasteiger partial charge in [-0.25, -0.2) is 9.59 Å². The topological polar surface area (TPSA) is 78.9 Å². The summed E-state index contributed by atoms with van der Waals surface area (Å²) in [6.45, 7) is 0. The van der Waals surface area contributed by atoms with Crippen molar-refractivity contribution in [2.45, 2.75) is 12.5 Å². The summed E-state index contributed by atoms with van der Waals surface area (Å²) in [6.07, 6.45) is -1.70. The molecule has 0 saturated heterocycles. The molecule has 0 heterocycles. The van der Waals surface area contributed by atoms with E-state index in [1.54, 1.807) is 18.2 Å². The standard InChI is InChI=1S/C13H14O6/c1-17-11(14)8-10(13(16)18-2)19-12(15)9-6-4-3-5-7-9/h3-7,10H,8H2,1-2H3/t10-/m0/s1. The van der Waals surface area contributed by atoms with Crippen LogP contribution < -0.4 is 0 Å². The molecule has 0 aliphatic carbocycles. The van der Waals surface area contributed by atoms with Gasteiger partial charge in [-0.2, -0.15) is 0 Å². The van der Waals surface area contributed by atoms with E-state index in [2.05, 4.69) is 9.47 Å². The highest BCUT2D eigenvalue weighted by Gasteiger charge is 2.27. The Balaban J connectivity index is 2.74. The van der Waals surface area contributed by atoms with Crippen molar-refractivity contribution in [2.24, 2.45) is 0 Å². The zero-order valence-corrected chi connectivity index (χ0v) is 10.6. The third-order valence-corrected chi connectivity index (χ3v) is 2.30. The Hall–Kier alpha value is -2.37. The number of hydrogen-bond acceptors (Lipinski definition) is 6. The minimum atomic E-state index is -1.31. The SMILES string of the molecule is COC(=O)C[C@H](OC(=O)c1ccccc1)C(=O)OC. The Kier molecular flexibility index (Phi) is 5.53. The van der Waals surface area contributed by atoms with Gasteiger partial charge in [-0.15, -0.1) is 0 Å². The van der Waals surface area contributed by atoms with Gasteiger partial charge in [-0.3, -0.25) is 4.79 Å². The van der Waals surface area contributed by atoms with Crippen molar-refractivity contribution in [1.29, 1.82) is 0 Å². The first kappa shape index (κ1) is 14.7. The number of methoxy groups -OCH3 is 2. The molecule has 1 atom stereocenters. The van der Waals surface area contributed by atoms with Gasteiger partial charge in [0.05, 0.1) is 26.2 Å². The normalized spacial score (nSPS) is 11.3. The maximum Gasteiger partial charge on any atom is 0.347 e. The average molecular weight is 266 g/mol. The van der Waals surface area contributed by atoms with E-state index in [1.165, 1.54) is 19.2 Å². The Morgan fingerprint density at radius 1 is 1.05 bits per heavy atom. The summed E-state index contributed by atoms with van der Waals surface area (Å²) in [5.74, 6) is -2.19. The van der Waals surface area contributed by atoms with Crippen LogP contribution in [0.25, 0.3) is 0 Å². The molecule has 6 heteroatoms. The van der Waals surface area contributed by atoms with Gasteiger partial charge in [0.15, 0.2) is 0 Å². The van der Waals surface area contributed by atoms with Crippen LogP contribution in [-0.2, 0) is 23.8 Å². The number of esters is 3. The number of carbonyl (C=O) groups excluding carboxylic acids is 3. The van der Waals surface area contributed by atoms with Crippen LogP contribution in [-0.4, -0.2) is 38.2 Å². The van der Waals surface area contributed by atoms with Crippen molar-refractivity contribution in [2.75, 3.05) is 14.2 Å². The van der Waals surface area contributed by atoms with Crippen LogP contribution in [0, 0.1) is 0 Å². The highest BCUT2D eigenvalue weighted by atomic mass is 16.6. The highest BCUT2D eigenvalue weighted by Crippen LogP contribution is 2.08. The van der Waals surface area contributed by atoms with Crippen LogP contribution in [0.3, 0.4) is 0 Å². The van der Waals surface area contributed by atoms with Gasteiger partial charge in [-0.05, 0) is 12.1 Å². The van der Waals surface area contributed by atoms with Crippen molar-refractivity contribution in [3.8, 4) is 0 Å².